The number of fused-ring (bicyclic) bond motifs is 3. The molecule has 80 valence electrons. The summed E-state index contributed by atoms with van der Waals surface area (Å²) < 4.78 is 1.68. The van der Waals surface area contributed by atoms with Crippen LogP contribution in [0.3, 0.4) is 0 Å². The molecule has 0 unspecified atom stereocenters. The second-order valence-electron chi connectivity index (χ2n) is 3.45. The Morgan fingerprint density at radius 2 is 2.00 bits per heavy atom. The van der Waals surface area contributed by atoms with Crippen LogP contribution in [-0.2, 0) is 0 Å². The third-order valence-corrected chi connectivity index (χ3v) is 2.56. The molecular formula is C10H10N6. The van der Waals surface area contributed by atoms with E-state index in [4.69, 9.17) is 11.6 Å². The topological polar surface area (TPSA) is 94.8 Å². The molecule has 0 atom stereocenters. The van der Waals surface area contributed by atoms with Crippen molar-refractivity contribution < 1.29 is 0 Å². The Hall–Kier alpha value is -2.34. The fourth-order valence-corrected chi connectivity index (χ4v) is 1.89. The lowest BCUT2D eigenvalue weighted by atomic mass is 10.2. The lowest BCUT2D eigenvalue weighted by molar-refractivity contribution is 0.939. The SMILES string of the molecule is NNn1c2ccccc2c2cnc(N)nc21. The molecule has 6 nitrogen and oxygen atoms in total. The fraction of sp³-hybridized carbons (Fsp3) is 0. The van der Waals surface area contributed by atoms with E-state index >= 15 is 0 Å². The minimum atomic E-state index is 0.229. The number of nitrogen functional groups attached to an aromatic ring is 2. The molecule has 0 aliphatic rings. The van der Waals surface area contributed by atoms with Gasteiger partial charge in [0, 0.05) is 17.0 Å². The van der Waals surface area contributed by atoms with Crippen molar-refractivity contribution >= 4 is 27.9 Å². The predicted molar refractivity (Wildman–Crippen MR) is 63.0 cm³/mol. The van der Waals surface area contributed by atoms with Crippen molar-refractivity contribution in [2.75, 3.05) is 11.3 Å². The smallest absolute Gasteiger partial charge is 0.222 e. The first kappa shape index (κ1) is 8.93. The van der Waals surface area contributed by atoms with Crippen LogP contribution in [-0.4, -0.2) is 14.6 Å². The van der Waals surface area contributed by atoms with E-state index in [9.17, 15) is 0 Å². The van der Waals surface area contributed by atoms with E-state index in [0.717, 1.165) is 16.3 Å². The Morgan fingerprint density at radius 1 is 1.19 bits per heavy atom. The molecule has 5 N–H and O–H groups in total. The number of rotatable bonds is 1. The minimum Gasteiger partial charge on any atom is -0.368 e. The molecule has 3 aromatic rings. The number of anilines is 1. The first-order chi connectivity index (χ1) is 7.81. The Bertz CT molecular complexity index is 671. The van der Waals surface area contributed by atoms with Gasteiger partial charge in [-0.3, -0.25) is 5.53 Å². The average Bonchev–Trinajstić information content (AvgIpc) is 2.61. The van der Waals surface area contributed by atoms with Crippen molar-refractivity contribution in [3.63, 3.8) is 0 Å². The predicted octanol–water partition coefficient (Wildman–Crippen LogP) is 0.584. The van der Waals surface area contributed by atoms with Crippen LogP contribution >= 0.6 is 0 Å². The van der Waals surface area contributed by atoms with Gasteiger partial charge in [-0.2, -0.15) is 4.98 Å². The average molecular weight is 214 g/mol. The summed E-state index contributed by atoms with van der Waals surface area (Å²) in [7, 11) is 0. The Kier molecular flexibility index (Phi) is 1.72. The van der Waals surface area contributed by atoms with Crippen LogP contribution in [0.1, 0.15) is 0 Å². The summed E-state index contributed by atoms with van der Waals surface area (Å²) in [6.07, 6.45) is 1.70. The van der Waals surface area contributed by atoms with Gasteiger partial charge in [0.05, 0.1) is 5.52 Å². The second-order valence-corrected chi connectivity index (χ2v) is 3.45. The molecule has 0 radical (unpaired) electrons. The summed E-state index contributed by atoms with van der Waals surface area (Å²) in [5.41, 5.74) is 9.78. The Morgan fingerprint density at radius 3 is 2.81 bits per heavy atom. The van der Waals surface area contributed by atoms with Crippen molar-refractivity contribution in [1.29, 1.82) is 0 Å². The number of hydrogen-bond donors (Lipinski definition) is 3. The third kappa shape index (κ3) is 1.04. The number of benzene rings is 1. The number of hydrazine groups is 1. The van der Waals surface area contributed by atoms with Gasteiger partial charge in [0.25, 0.3) is 0 Å². The largest absolute Gasteiger partial charge is 0.368 e. The monoisotopic (exact) mass is 214 g/mol. The van der Waals surface area contributed by atoms with E-state index in [2.05, 4.69) is 15.5 Å². The summed E-state index contributed by atoms with van der Waals surface area (Å²) >= 11 is 0. The normalized spacial score (nSPS) is 11.1. The van der Waals surface area contributed by atoms with Gasteiger partial charge in [-0.1, -0.05) is 18.2 Å². The fourth-order valence-electron chi connectivity index (χ4n) is 1.89. The van der Waals surface area contributed by atoms with Gasteiger partial charge in [-0.15, -0.1) is 0 Å². The van der Waals surface area contributed by atoms with Crippen molar-refractivity contribution in [2.24, 2.45) is 5.84 Å². The van der Waals surface area contributed by atoms with Gasteiger partial charge >= 0.3 is 0 Å². The molecule has 16 heavy (non-hydrogen) atoms. The number of nitrogens with two attached hydrogens (primary N) is 2. The van der Waals surface area contributed by atoms with E-state index < -0.39 is 0 Å². The number of nitrogens with zero attached hydrogens (tertiary/aromatic N) is 3. The van der Waals surface area contributed by atoms with Crippen LogP contribution in [0.2, 0.25) is 0 Å². The van der Waals surface area contributed by atoms with Gasteiger partial charge in [0.15, 0.2) is 5.65 Å². The standard InChI is InChI=1S/C10H10N6/c11-10-13-5-7-6-3-1-2-4-8(6)16(15-12)9(7)14-10/h1-5,15H,12H2,(H2,11,13,14). The maximum Gasteiger partial charge on any atom is 0.222 e. The highest BCUT2D eigenvalue weighted by atomic mass is 15.6. The van der Waals surface area contributed by atoms with Crippen molar-refractivity contribution in [1.82, 2.24) is 14.6 Å². The number of aromatic nitrogens is 3. The quantitative estimate of drug-likeness (QED) is 0.407. The number of hydrogen-bond acceptors (Lipinski definition) is 5. The number of para-hydroxylation sites is 1. The summed E-state index contributed by atoms with van der Waals surface area (Å²) in [5, 5.41) is 1.96. The van der Waals surface area contributed by atoms with Crippen molar-refractivity contribution in [3.05, 3.63) is 30.5 Å². The molecule has 3 rings (SSSR count). The van der Waals surface area contributed by atoms with Gasteiger partial charge in [0.1, 0.15) is 0 Å². The zero-order chi connectivity index (χ0) is 11.1. The molecule has 2 aromatic heterocycles. The third-order valence-electron chi connectivity index (χ3n) is 2.56. The van der Waals surface area contributed by atoms with E-state index in [0.29, 0.717) is 5.65 Å². The molecule has 0 amide bonds. The van der Waals surface area contributed by atoms with Crippen LogP contribution in [0, 0.1) is 0 Å². The van der Waals surface area contributed by atoms with Crippen molar-refractivity contribution in [3.8, 4) is 0 Å². The summed E-state index contributed by atoms with van der Waals surface area (Å²) in [6.45, 7) is 0. The molecule has 0 fully saturated rings. The zero-order valence-electron chi connectivity index (χ0n) is 8.38. The van der Waals surface area contributed by atoms with Crippen molar-refractivity contribution in [2.45, 2.75) is 0 Å². The maximum atomic E-state index is 5.57. The van der Waals surface area contributed by atoms with Crippen LogP contribution in [0.25, 0.3) is 21.9 Å². The van der Waals surface area contributed by atoms with E-state index in [-0.39, 0.29) is 5.95 Å². The molecule has 0 saturated carbocycles. The molecule has 6 heteroatoms. The van der Waals surface area contributed by atoms with Gasteiger partial charge in [0.2, 0.25) is 5.95 Å². The summed E-state index contributed by atoms with van der Waals surface area (Å²) in [6, 6.07) is 7.84. The van der Waals surface area contributed by atoms with E-state index in [1.807, 2.05) is 24.3 Å². The van der Waals surface area contributed by atoms with Crippen LogP contribution < -0.4 is 17.1 Å². The van der Waals surface area contributed by atoms with Gasteiger partial charge in [-0.25, -0.2) is 15.5 Å². The van der Waals surface area contributed by atoms with Crippen LogP contribution in [0.4, 0.5) is 5.95 Å². The molecule has 1 aromatic carbocycles. The molecule has 0 bridgehead atoms. The lowest BCUT2D eigenvalue weighted by Gasteiger charge is -2.03. The maximum absolute atomic E-state index is 5.57. The van der Waals surface area contributed by atoms with Crippen LogP contribution in [0.15, 0.2) is 30.5 Å². The highest BCUT2D eigenvalue weighted by molar-refractivity contribution is 6.06. The van der Waals surface area contributed by atoms with Gasteiger partial charge in [-0.05, 0) is 6.07 Å². The second kappa shape index (κ2) is 3.07. The highest BCUT2D eigenvalue weighted by Gasteiger charge is 2.10. The molecular weight excluding hydrogens is 204 g/mol. The molecule has 0 saturated heterocycles. The Labute approximate surface area is 90.8 Å². The molecule has 0 aliphatic heterocycles. The number of nitrogens with one attached hydrogen (secondary N) is 1. The highest BCUT2D eigenvalue weighted by Crippen LogP contribution is 2.25. The zero-order valence-corrected chi connectivity index (χ0v) is 8.38. The first-order valence-electron chi connectivity index (χ1n) is 4.79. The van der Waals surface area contributed by atoms with E-state index in [1.54, 1.807) is 10.9 Å². The lowest BCUT2D eigenvalue weighted by Crippen LogP contribution is -2.21. The summed E-state index contributed by atoms with van der Waals surface area (Å²) in [5.74, 6) is 5.72. The Balaban J connectivity index is 2.58. The van der Waals surface area contributed by atoms with E-state index in [1.165, 1.54) is 0 Å². The van der Waals surface area contributed by atoms with Gasteiger partial charge < -0.3 is 5.73 Å². The summed E-state index contributed by atoms with van der Waals surface area (Å²) in [4.78, 5) is 8.16. The molecule has 0 spiro atoms. The molecule has 2 heterocycles. The minimum absolute atomic E-state index is 0.229. The molecule has 0 aliphatic carbocycles. The van der Waals surface area contributed by atoms with Crippen LogP contribution in [0.5, 0.6) is 0 Å². The first-order valence-corrected chi connectivity index (χ1v) is 4.79.